The van der Waals surface area contributed by atoms with E-state index in [1.54, 1.807) is 0 Å². The summed E-state index contributed by atoms with van der Waals surface area (Å²) < 4.78 is 0. The topological polar surface area (TPSA) is 35.6 Å². The Kier molecular flexibility index (Phi) is 4.32. The molecule has 1 N–H and O–H groups in total. The minimum atomic E-state index is 0.299. The van der Waals surface area contributed by atoms with Gasteiger partial charge in [0.1, 0.15) is 0 Å². The highest BCUT2D eigenvalue weighted by Gasteiger charge is 2.38. The molecule has 0 aromatic heterocycles. The predicted molar refractivity (Wildman–Crippen MR) is 80.6 cm³/mol. The third-order valence-electron chi connectivity index (χ3n) is 5.87. The van der Waals surface area contributed by atoms with Gasteiger partial charge in [-0.05, 0) is 77.2 Å². The molecule has 20 heavy (non-hydrogen) atoms. The predicted octanol–water partition coefficient (Wildman–Crippen LogP) is 1.32. The van der Waals surface area contributed by atoms with Crippen LogP contribution < -0.4 is 5.32 Å². The van der Waals surface area contributed by atoms with Crippen LogP contribution >= 0.6 is 0 Å². The minimum Gasteiger partial charge on any atom is -0.342 e. The molecule has 0 radical (unpaired) electrons. The Morgan fingerprint density at radius 1 is 1.00 bits per heavy atom. The zero-order chi connectivity index (χ0) is 14.0. The van der Waals surface area contributed by atoms with Crippen molar-refractivity contribution in [3.05, 3.63) is 0 Å². The number of carbonyl (C=O) groups is 1. The third kappa shape index (κ3) is 3.01. The molecule has 3 rings (SSSR count). The lowest BCUT2D eigenvalue weighted by atomic mass is 9.71. The summed E-state index contributed by atoms with van der Waals surface area (Å²) in [5.74, 6) is 0.746. The lowest BCUT2D eigenvalue weighted by Crippen LogP contribution is -2.49. The summed E-state index contributed by atoms with van der Waals surface area (Å²) in [6, 6.07) is 0. The molecular weight excluding hydrogens is 250 g/mol. The molecule has 3 aliphatic rings. The lowest BCUT2D eigenvalue weighted by molar-refractivity contribution is -0.139. The number of hydrogen-bond acceptors (Lipinski definition) is 3. The molecule has 0 aromatic rings. The van der Waals surface area contributed by atoms with Crippen LogP contribution in [0.4, 0.5) is 0 Å². The molecule has 1 amide bonds. The van der Waals surface area contributed by atoms with E-state index in [1.807, 2.05) is 0 Å². The van der Waals surface area contributed by atoms with Gasteiger partial charge in [-0.2, -0.15) is 0 Å². The Hall–Kier alpha value is -0.610. The lowest BCUT2D eigenvalue weighted by Gasteiger charge is -2.45. The second-order valence-corrected chi connectivity index (χ2v) is 7.15. The molecule has 4 heteroatoms. The maximum Gasteiger partial charge on any atom is 0.225 e. The molecule has 0 atom stereocenters. The molecule has 114 valence electrons. The second-order valence-electron chi connectivity index (χ2n) is 7.15. The first kappa shape index (κ1) is 14.3. The van der Waals surface area contributed by atoms with Gasteiger partial charge in [0.2, 0.25) is 5.91 Å². The van der Waals surface area contributed by atoms with Gasteiger partial charge in [0.25, 0.3) is 0 Å². The SMILES string of the molecule is CN1CCC(C(=O)N2CCC3(CCNCC3)CC2)CC1. The van der Waals surface area contributed by atoms with E-state index in [4.69, 9.17) is 0 Å². The number of amides is 1. The summed E-state index contributed by atoms with van der Waals surface area (Å²) in [6.07, 6.45) is 7.19. The molecule has 3 saturated heterocycles. The van der Waals surface area contributed by atoms with Crippen LogP contribution in [0.1, 0.15) is 38.5 Å². The largest absolute Gasteiger partial charge is 0.342 e. The van der Waals surface area contributed by atoms with Crippen molar-refractivity contribution in [2.45, 2.75) is 38.5 Å². The summed E-state index contributed by atoms with van der Waals surface area (Å²) in [7, 11) is 2.16. The molecule has 0 bridgehead atoms. The summed E-state index contributed by atoms with van der Waals surface area (Å²) in [5, 5.41) is 3.46. The van der Waals surface area contributed by atoms with Crippen LogP contribution in [0, 0.1) is 11.3 Å². The van der Waals surface area contributed by atoms with Gasteiger partial charge in [-0.25, -0.2) is 0 Å². The van der Waals surface area contributed by atoms with E-state index in [9.17, 15) is 4.79 Å². The van der Waals surface area contributed by atoms with Crippen LogP contribution in [-0.2, 0) is 4.79 Å². The van der Waals surface area contributed by atoms with Crippen molar-refractivity contribution in [1.82, 2.24) is 15.1 Å². The summed E-state index contributed by atoms with van der Waals surface area (Å²) >= 11 is 0. The fourth-order valence-corrected chi connectivity index (χ4v) is 4.17. The zero-order valence-corrected chi connectivity index (χ0v) is 12.9. The molecule has 0 saturated carbocycles. The van der Waals surface area contributed by atoms with Gasteiger partial charge in [0, 0.05) is 19.0 Å². The first-order valence-electron chi connectivity index (χ1n) is 8.37. The van der Waals surface area contributed by atoms with Crippen LogP contribution in [0.15, 0.2) is 0 Å². The Morgan fingerprint density at radius 3 is 2.20 bits per heavy atom. The van der Waals surface area contributed by atoms with Gasteiger partial charge in [-0.1, -0.05) is 0 Å². The molecule has 3 fully saturated rings. The highest BCUT2D eigenvalue weighted by atomic mass is 16.2. The van der Waals surface area contributed by atoms with Crippen molar-refractivity contribution in [1.29, 1.82) is 0 Å². The maximum absolute atomic E-state index is 12.6. The normalized spacial score (nSPS) is 28.8. The maximum atomic E-state index is 12.6. The van der Waals surface area contributed by atoms with Crippen molar-refractivity contribution in [2.24, 2.45) is 11.3 Å². The average molecular weight is 279 g/mol. The molecular formula is C16H29N3O. The standard InChI is InChI=1S/C16H29N3O/c1-18-10-2-14(3-11-18)15(20)19-12-6-16(7-13-19)4-8-17-9-5-16/h14,17H,2-13H2,1H3. The Morgan fingerprint density at radius 2 is 1.60 bits per heavy atom. The second kappa shape index (κ2) is 6.02. The van der Waals surface area contributed by atoms with E-state index < -0.39 is 0 Å². The number of rotatable bonds is 1. The van der Waals surface area contributed by atoms with Crippen molar-refractivity contribution < 1.29 is 4.79 Å². The van der Waals surface area contributed by atoms with Crippen molar-refractivity contribution in [2.75, 3.05) is 46.3 Å². The quantitative estimate of drug-likeness (QED) is 0.786. The van der Waals surface area contributed by atoms with E-state index in [0.29, 0.717) is 17.2 Å². The molecule has 3 heterocycles. The van der Waals surface area contributed by atoms with Crippen LogP contribution in [0.3, 0.4) is 0 Å². The van der Waals surface area contributed by atoms with Crippen LogP contribution in [0.25, 0.3) is 0 Å². The van der Waals surface area contributed by atoms with Gasteiger partial charge < -0.3 is 15.1 Å². The molecule has 0 aliphatic carbocycles. The number of likely N-dealkylation sites (tertiary alicyclic amines) is 2. The monoisotopic (exact) mass is 279 g/mol. The smallest absolute Gasteiger partial charge is 0.225 e. The van der Waals surface area contributed by atoms with E-state index >= 15 is 0 Å². The number of nitrogens with zero attached hydrogens (tertiary/aromatic N) is 2. The van der Waals surface area contributed by atoms with Gasteiger partial charge in [-0.15, -0.1) is 0 Å². The zero-order valence-electron chi connectivity index (χ0n) is 12.9. The number of hydrogen-bond donors (Lipinski definition) is 1. The van der Waals surface area contributed by atoms with Crippen LogP contribution in [0.5, 0.6) is 0 Å². The van der Waals surface area contributed by atoms with Crippen molar-refractivity contribution in [3.63, 3.8) is 0 Å². The minimum absolute atomic E-state index is 0.299. The van der Waals surface area contributed by atoms with E-state index in [2.05, 4.69) is 22.2 Å². The fraction of sp³-hybridized carbons (Fsp3) is 0.938. The average Bonchev–Trinajstić information content (AvgIpc) is 2.49. The van der Waals surface area contributed by atoms with Gasteiger partial charge in [-0.3, -0.25) is 4.79 Å². The first-order chi connectivity index (χ1) is 9.69. The Labute approximate surface area is 122 Å². The van der Waals surface area contributed by atoms with Crippen LogP contribution in [0.2, 0.25) is 0 Å². The van der Waals surface area contributed by atoms with Crippen LogP contribution in [-0.4, -0.2) is 62.0 Å². The molecule has 3 aliphatic heterocycles. The Balaban J connectivity index is 1.51. The molecule has 4 nitrogen and oxygen atoms in total. The molecule has 0 unspecified atom stereocenters. The van der Waals surface area contributed by atoms with E-state index in [-0.39, 0.29) is 0 Å². The van der Waals surface area contributed by atoms with Gasteiger partial charge in [0.15, 0.2) is 0 Å². The van der Waals surface area contributed by atoms with Gasteiger partial charge in [0.05, 0.1) is 0 Å². The van der Waals surface area contributed by atoms with Gasteiger partial charge >= 0.3 is 0 Å². The fourth-order valence-electron chi connectivity index (χ4n) is 4.17. The number of piperidine rings is 3. The number of nitrogens with one attached hydrogen (secondary N) is 1. The highest BCUT2D eigenvalue weighted by Crippen LogP contribution is 2.39. The van der Waals surface area contributed by atoms with Crippen molar-refractivity contribution >= 4 is 5.91 Å². The first-order valence-corrected chi connectivity index (χ1v) is 8.37. The van der Waals surface area contributed by atoms with Crippen molar-refractivity contribution in [3.8, 4) is 0 Å². The highest BCUT2D eigenvalue weighted by molar-refractivity contribution is 5.79. The molecule has 1 spiro atoms. The number of carbonyl (C=O) groups excluding carboxylic acids is 1. The third-order valence-corrected chi connectivity index (χ3v) is 5.87. The summed E-state index contributed by atoms with van der Waals surface area (Å²) in [4.78, 5) is 17.1. The summed E-state index contributed by atoms with van der Waals surface area (Å²) in [6.45, 7) is 6.52. The molecule has 0 aromatic carbocycles. The van der Waals surface area contributed by atoms with E-state index in [1.165, 1.54) is 38.8 Å². The summed E-state index contributed by atoms with van der Waals surface area (Å²) in [5.41, 5.74) is 0.550. The Bertz CT molecular complexity index is 334. The van der Waals surface area contributed by atoms with E-state index in [0.717, 1.165) is 39.0 Å².